The van der Waals surface area contributed by atoms with Crippen LogP contribution in [0.2, 0.25) is 0 Å². The van der Waals surface area contributed by atoms with Crippen LogP contribution in [0.3, 0.4) is 0 Å². The lowest BCUT2D eigenvalue weighted by Crippen LogP contribution is -2.15. The summed E-state index contributed by atoms with van der Waals surface area (Å²) in [5, 5.41) is 0. The minimum absolute atomic E-state index is 0.0187. The highest BCUT2D eigenvalue weighted by atomic mass is 16.8. The first-order valence-electron chi connectivity index (χ1n) is 16.2. The van der Waals surface area contributed by atoms with Gasteiger partial charge >= 0.3 is 0 Å². The summed E-state index contributed by atoms with van der Waals surface area (Å²) >= 11 is 0. The summed E-state index contributed by atoms with van der Waals surface area (Å²) in [5.41, 5.74) is 0. The van der Waals surface area contributed by atoms with Gasteiger partial charge in [-0.15, -0.1) is 0 Å². The molecule has 15 nitrogen and oxygen atoms in total. The highest BCUT2D eigenvalue weighted by Crippen LogP contribution is 2.12. The van der Waals surface area contributed by atoms with E-state index < -0.39 is 0 Å². The van der Waals surface area contributed by atoms with E-state index in [0.29, 0.717) is 171 Å². The number of hydrogen-bond acceptors (Lipinski definition) is 15. The highest BCUT2D eigenvalue weighted by molar-refractivity contribution is 4.67. The predicted molar refractivity (Wildman–Crippen MR) is 160 cm³/mol. The lowest BCUT2D eigenvalue weighted by molar-refractivity contribution is -0.0307. The van der Waals surface area contributed by atoms with Crippen molar-refractivity contribution in [1.82, 2.24) is 0 Å². The van der Waals surface area contributed by atoms with Gasteiger partial charge in [0.1, 0.15) is 6.61 Å². The number of epoxide rings is 2. The van der Waals surface area contributed by atoms with E-state index in [1.165, 1.54) is 0 Å². The molecule has 0 aliphatic carbocycles. The molecule has 0 spiro atoms. The Morgan fingerprint density at radius 2 is 0.511 bits per heavy atom. The minimum atomic E-state index is -0.0187. The topological polar surface area (TPSA) is 145 Å². The van der Waals surface area contributed by atoms with E-state index in [1.807, 2.05) is 0 Å². The van der Waals surface area contributed by atoms with Gasteiger partial charge in [0, 0.05) is 6.61 Å². The molecular formula is C30H58O15. The molecule has 2 unspecified atom stereocenters. The summed E-state index contributed by atoms with van der Waals surface area (Å²) in [6.45, 7) is 15.0. The fourth-order valence-electron chi connectivity index (χ4n) is 3.34. The average molecular weight is 659 g/mol. The Bertz CT molecular complexity index is 536. The summed E-state index contributed by atoms with van der Waals surface area (Å²) in [7, 11) is 0. The Hall–Kier alpha value is -0.600. The summed E-state index contributed by atoms with van der Waals surface area (Å²) in [6, 6.07) is 0. The Labute approximate surface area is 268 Å². The van der Waals surface area contributed by atoms with E-state index in [-0.39, 0.29) is 6.29 Å². The van der Waals surface area contributed by atoms with E-state index in [9.17, 15) is 0 Å². The van der Waals surface area contributed by atoms with E-state index >= 15 is 0 Å². The molecule has 15 heteroatoms. The third-order valence-electron chi connectivity index (χ3n) is 5.91. The second kappa shape index (κ2) is 33.3. The smallest absolute Gasteiger partial charge is 0.181 e. The lowest BCUT2D eigenvalue weighted by Gasteiger charge is -2.09. The van der Waals surface area contributed by atoms with Gasteiger partial charge in [0.2, 0.25) is 0 Å². The van der Waals surface area contributed by atoms with Crippen molar-refractivity contribution in [3.05, 3.63) is 0 Å². The molecule has 2 aliphatic heterocycles. The van der Waals surface area contributed by atoms with E-state index in [0.717, 1.165) is 19.6 Å². The molecule has 2 rings (SSSR count). The van der Waals surface area contributed by atoms with Crippen molar-refractivity contribution in [3.63, 3.8) is 0 Å². The van der Waals surface area contributed by atoms with Crippen LogP contribution in [-0.4, -0.2) is 191 Å². The standard InChI is InChI=1S/C30H58O15/c1(29-27-44-29)2-31-3-4-32-5-6-33-7-8-34-9-10-35-11-12-36-13-14-37-15-16-38-17-18-39-19-20-40-21-22-41-23-24-42-25-26-43-30-28-45-30/h29-30H,1-28H2. The lowest BCUT2D eigenvalue weighted by atomic mass is 10.3. The fraction of sp³-hybridized carbons (Fsp3) is 1.00. The summed E-state index contributed by atoms with van der Waals surface area (Å²) in [6.07, 6.45) is 1.37. The zero-order chi connectivity index (χ0) is 31.6. The van der Waals surface area contributed by atoms with Crippen molar-refractivity contribution in [3.8, 4) is 0 Å². The molecule has 45 heavy (non-hydrogen) atoms. The molecule has 2 heterocycles. The highest BCUT2D eigenvalue weighted by Gasteiger charge is 2.22. The number of ether oxygens (including phenoxy) is 15. The average Bonchev–Trinajstić information content (AvgIpc) is 3.99. The van der Waals surface area contributed by atoms with E-state index in [4.69, 9.17) is 71.1 Å². The van der Waals surface area contributed by atoms with Crippen molar-refractivity contribution in [2.45, 2.75) is 18.8 Å². The minimum Gasteiger partial charge on any atom is -0.379 e. The van der Waals surface area contributed by atoms with Gasteiger partial charge in [-0.2, -0.15) is 0 Å². The zero-order valence-electron chi connectivity index (χ0n) is 27.1. The van der Waals surface area contributed by atoms with Gasteiger partial charge in [-0.3, -0.25) is 0 Å². The summed E-state index contributed by atoms with van der Waals surface area (Å²) in [4.78, 5) is 0. The SMILES string of the molecule is C(COCCOCCOCCOCCOCCOCCC1CO1)OCCOCCOCCOCCOCCOCCOC1CO1. The third kappa shape index (κ3) is 33.1. The molecule has 0 aromatic rings. The van der Waals surface area contributed by atoms with Gasteiger partial charge < -0.3 is 71.1 Å². The molecule has 0 aromatic heterocycles. The molecule has 2 fully saturated rings. The molecule has 0 aromatic carbocycles. The number of hydrogen-bond donors (Lipinski definition) is 0. The van der Waals surface area contributed by atoms with Crippen molar-refractivity contribution in [1.29, 1.82) is 0 Å². The normalized spacial score (nSPS) is 17.3. The van der Waals surface area contributed by atoms with Crippen molar-refractivity contribution >= 4 is 0 Å². The van der Waals surface area contributed by atoms with Gasteiger partial charge in [-0.25, -0.2) is 0 Å². The first-order valence-corrected chi connectivity index (χ1v) is 16.2. The largest absolute Gasteiger partial charge is 0.379 e. The molecule has 2 atom stereocenters. The first kappa shape index (κ1) is 40.6. The summed E-state index contributed by atoms with van der Waals surface area (Å²) in [5.74, 6) is 0. The maximum Gasteiger partial charge on any atom is 0.181 e. The number of rotatable bonds is 40. The van der Waals surface area contributed by atoms with Crippen LogP contribution >= 0.6 is 0 Å². The van der Waals surface area contributed by atoms with Crippen LogP contribution in [-0.2, 0) is 71.1 Å². The van der Waals surface area contributed by atoms with Crippen LogP contribution in [0.15, 0.2) is 0 Å². The molecule has 0 saturated carbocycles. The molecule has 0 N–H and O–H groups in total. The van der Waals surface area contributed by atoms with Crippen LogP contribution in [0.4, 0.5) is 0 Å². The van der Waals surface area contributed by atoms with Crippen molar-refractivity contribution in [2.24, 2.45) is 0 Å². The van der Waals surface area contributed by atoms with Crippen LogP contribution in [0.5, 0.6) is 0 Å². The van der Waals surface area contributed by atoms with Gasteiger partial charge in [-0.05, 0) is 6.42 Å². The predicted octanol–water partition coefficient (Wildman–Crippen LogP) is 0.347. The third-order valence-corrected chi connectivity index (χ3v) is 5.91. The molecular weight excluding hydrogens is 600 g/mol. The van der Waals surface area contributed by atoms with Crippen LogP contribution in [0, 0.1) is 0 Å². The molecule has 2 saturated heterocycles. The van der Waals surface area contributed by atoms with Gasteiger partial charge in [0.15, 0.2) is 6.29 Å². The molecule has 268 valence electrons. The van der Waals surface area contributed by atoms with Gasteiger partial charge in [-0.1, -0.05) is 0 Å². The van der Waals surface area contributed by atoms with Crippen LogP contribution < -0.4 is 0 Å². The van der Waals surface area contributed by atoms with Crippen LogP contribution in [0.1, 0.15) is 6.42 Å². The molecule has 0 radical (unpaired) electrons. The van der Waals surface area contributed by atoms with E-state index in [2.05, 4.69) is 0 Å². The fourth-order valence-corrected chi connectivity index (χ4v) is 3.34. The van der Waals surface area contributed by atoms with Gasteiger partial charge in [0.05, 0.1) is 171 Å². The maximum absolute atomic E-state index is 5.48. The monoisotopic (exact) mass is 658 g/mol. The van der Waals surface area contributed by atoms with Crippen molar-refractivity contribution in [2.75, 3.05) is 178 Å². The molecule has 2 aliphatic rings. The Kier molecular flexibility index (Phi) is 30.0. The quantitative estimate of drug-likeness (QED) is 0.0659. The zero-order valence-corrected chi connectivity index (χ0v) is 27.1. The van der Waals surface area contributed by atoms with E-state index in [1.54, 1.807) is 0 Å². The molecule has 0 amide bonds. The first-order chi connectivity index (χ1) is 22.4. The second-order valence-corrected chi connectivity index (χ2v) is 9.73. The van der Waals surface area contributed by atoms with Crippen molar-refractivity contribution < 1.29 is 71.1 Å². The van der Waals surface area contributed by atoms with Gasteiger partial charge in [0.25, 0.3) is 0 Å². The molecule has 0 bridgehead atoms. The Balaban J connectivity index is 1.09. The Morgan fingerprint density at radius 1 is 0.289 bits per heavy atom. The summed E-state index contributed by atoms with van der Waals surface area (Å²) < 4.78 is 80.8. The second-order valence-electron chi connectivity index (χ2n) is 9.73. The Morgan fingerprint density at radius 3 is 0.733 bits per heavy atom. The maximum atomic E-state index is 5.48. The van der Waals surface area contributed by atoms with Crippen LogP contribution in [0.25, 0.3) is 0 Å².